The van der Waals surface area contributed by atoms with Gasteiger partial charge in [0.05, 0.1) is 5.60 Å². The van der Waals surface area contributed by atoms with E-state index >= 15 is 0 Å². The molecule has 0 radical (unpaired) electrons. The van der Waals surface area contributed by atoms with Crippen LogP contribution in [0, 0.1) is 6.92 Å². The number of hydroxylamine groups is 1. The molecule has 0 atom stereocenters. The SMILES string of the molecule is Cc1ccc(SCCC(=O)NOC(C)(C)C)cc1. The van der Waals surface area contributed by atoms with Gasteiger partial charge in [-0.3, -0.25) is 9.63 Å². The van der Waals surface area contributed by atoms with E-state index in [1.54, 1.807) is 11.8 Å². The molecule has 1 rings (SSSR count). The molecule has 18 heavy (non-hydrogen) atoms. The van der Waals surface area contributed by atoms with Crippen LogP contribution in [0.5, 0.6) is 0 Å². The smallest absolute Gasteiger partial charge is 0.244 e. The van der Waals surface area contributed by atoms with E-state index in [0.717, 1.165) is 5.75 Å². The number of hydrogen-bond acceptors (Lipinski definition) is 3. The zero-order chi connectivity index (χ0) is 13.6. The summed E-state index contributed by atoms with van der Waals surface area (Å²) in [6.07, 6.45) is 0.453. The number of carbonyl (C=O) groups is 1. The van der Waals surface area contributed by atoms with Crippen molar-refractivity contribution in [1.29, 1.82) is 0 Å². The number of nitrogens with one attached hydrogen (secondary N) is 1. The third-order valence-corrected chi connectivity index (χ3v) is 3.10. The number of hydrogen-bond donors (Lipinski definition) is 1. The standard InChI is InChI=1S/C14H21NO2S/c1-11-5-7-12(8-6-11)18-10-9-13(16)15-17-14(2,3)4/h5-8H,9-10H2,1-4H3,(H,15,16). The highest BCUT2D eigenvalue weighted by atomic mass is 32.2. The molecule has 0 aliphatic rings. The topological polar surface area (TPSA) is 38.3 Å². The highest BCUT2D eigenvalue weighted by Crippen LogP contribution is 2.18. The van der Waals surface area contributed by atoms with E-state index < -0.39 is 0 Å². The molecule has 0 spiro atoms. The van der Waals surface area contributed by atoms with Gasteiger partial charge in [-0.25, -0.2) is 5.48 Å². The third kappa shape index (κ3) is 6.67. The molecule has 1 aromatic rings. The summed E-state index contributed by atoms with van der Waals surface area (Å²) in [5.41, 5.74) is 3.36. The van der Waals surface area contributed by atoms with Crippen molar-refractivity contribution in [2.45, 2.75) is 44.6 Å². The summed E-state index contributed by atoms with van der Waals surface area (Å²) in [5.74, 6) is 0.673. The maximum absolute atomic E-state index is 11.5. The van der Waals surface area contributed by atoms with Gasteiger partial charge in [-0.15, -0.1) is 11.8 Å². The molecular weight excluding hydrogens is 246 g/mol. The summed E-state index contributed by atoms with van der Waals surface area (Å²) in [7, 11) is 0. The normalized spacial score (nSPS) is 11.3. The maximum Gasteiger partial charge on any atom is 0.244 e. The van der Waals surface area contributed by atoms with Gasteiger partial charge in [0.1, 0.15) is 0 Å². The van der Waals surface area contributed by atoms with Crippen molar-refractivity contribution >= 4 is 17.7 Å². The summed E-state index contributed by atoms with van der Waals surface area (Å²) in [6, 6.07) is 8.29. The molecule has 1 N–H and O–H groups in total. The molecule has 1 aromatic carbocycles. The van der Waals surface area contributed by atoms with E-state index in [-0.39, 0.29) is 11.5 Å². The summed E-state index contributed by atoms with van der Waals surface area (Å²) in [5, 5.41) is 0. The second kappa shape index (κ2) is 6.81. The Morgan fingerprint density at radius 3 is 2.44 bits per heavy atom. The maximum atomic E-state index is 11.5. The van der Waals surface area contributed by atoms with Crippen LogP contribution >= 0.6 is 11.8 Å². The highest BCUT2D eigenvalue weighted by molar-refractivity contribution is 7.99. The first-order valence-corrected chi connectivity index (χ1v) is 7.02. The Hall–Kier alpha value is -1.00. The van der Waals surface area contributed by atoms with Crippen molar-refractivity contribution in [2.75, 3.05) is 5.75 Å². The fourth-order valence-electron chi connectivity index (χ4n) is 1.16. The zero-order valence-electron chi connectivity index (χ0n) is 11.4. The Kier molecular flexibility index (Phi) is 5.69. The molecule has 0 bridgehead atoms. The largest absolute Gasteiger partial charge is 0.273 e. The van der Waals surface area contributed by atoms with Crippen LogP contribution in [-0.2, 0) is 9.63 Å². The molecule has 0 unspecified atom stereocenters. The number of benzene rings is 1. The molecule has 0 saturated carbocycles. The minimum absolute atomic E-state index is 0.0791. The average molecular weight is 267 g/mol. The first-order valence-electron chi connectivity index (χ1n) is 6.03. The van der Waals surface area contributed by atoms with Gasteiger partial charge in [-0.1, -0.05) is 17.7 Å². The number of amides is 1. The Morgan fingerprint density at radius 2 is 1.89 bits per heavy atom. The van der Waals surface area contributed by atoms with Gasteiger partial charge in [0, 0.05) is 17.1 Å². The van der Waals surface area contributed by atoms with Gasteiger partial charge in [0.25, 0.3) is 0 Å². The second-order valence-electron chi connectivity index (χ2n) is 5.15. The Labute approximate surface area is 113 Å². The lowest BCUT2D eigenvalue weighted by atomic mass is 10.2. The van der Waals surface area contributed by atoms with Crippen LogP contribution < -0.4 is 5.48 Å². The van der Waals surface area contributed by atoms with Gasteiger partial charge in [-0.05, 0) is 39.8 Å². The minimum atomic E-state index is -0.347. The first-order chi connectivity index (χ1) is 8.37. The summed E-state index contributed by atoms with van der Waals surface area (Å²) in [4.78, 5) is 17.9. The number of aryl methyl sites for hydroxylation is 1. The fourth-order valence-corrected chi connectivity index (χ4v) is 2.01. The van der Waals surface area contributed by atoms with Gasteiger partial charge < -0.3 is 0 Å². The molecule has 0 saturated heterocycles. The summed E-state index contributed by atoms with van der Waals surface area (Å²) < 4.78 is 0. The van der Waals surface area contributed by atoms with Crippen LogP contribution in [0.3, 0.4) is 0 Å². The molecule has 0 heterocycles. The molecule has 100 valence electrons. The van der Waals surface area contributed by atoms with Crippen LogP contribution in [-0.4, -0.2) is 17.3 Å². The van der Waals surface area contributed by atoms with Crippen molar-refractivity contribution in [3.05, 3.63) is 29.8 Å². The van der Waals surface area contributed by atoms with E-state index in [2.05, 4.69) is 36.7 Å². The minimum Gasteiger partial charge on any atom is -0.273 e. The highest BCUT2D eigenvalue weighted by Gasteiger charge is 2.12. The van der Waals surface area contributed by atoms with Gasteiger partial charge in [0.15, 0.2) is 0 Å². The summed E-state index contributed by atoms with van der Waals surface area (Å²) in [6.45, 7) is 7.75. The lowest BCUT2D eigenvalue weighted by Crippen LogP contribution is -2.33. The molecular formula is C14H21NO2S. The van der Waals surface area contributed by atoms with Crippen molar-refractivity contribution in [2.24, 2.45) is 0 Å². The Bertz CT molecular complexity index is 382. The third-order valence-electron chi connectivity index (χ3n) is 2.09. The molecule has 0 aromatic heterocycles. The van der Waals surface area contributed by atoms with E-state index in [4.69, 9.17) is 4.84 Å². The van der Waals surface area contributed by atoms with Crippen molar-refractivity contribution in [1.82, 2.24) is 5.48 Å². The lowest BCUT2D eigenvalue weighted by molar-refractivity contribution is -0.145. The molecule has 1 amide bonds. The van der Waals surface area contributed by atoms with Crippen LogP contribution in [0.1, 0.15) is 32.8 Å². The van der Waals surface area contributed by atoms with E-state index in [9.17, 15) is 4.79 Å². The first kappa shape index (κ1) is 15.1. The second-order valence-corrected chi connectivity index (χ2v) is 6.32. The molecule has 0 aliphatic heterocycles. The van der Waals surface area contributed by atoms with Crippen LogP contribution in [0.2, 0.25) is 0 Å². The van der Waals surface area contributed by atoms with Gasteiger partial charge >= 0.3 is 0 Å². The lowest BCUT2D eigenvalue weighted by Gasteiger charge is -2.18. The van der Waals surface area contributed by atoms with E-state index in [1.807, 2.05) is 20.8 Å². The van der Waals surface area contributed by atoms with E-state index in [1.165, 1.54) is 10.5 Å². The van der Waals surface area contributed by atoms with Gasteiger partial charge in [0.2, 0.25) is 5.91 Å². The molecule has 3 nitrogen and oxygen atoms in total. The quantitative estimate of drug-likeness (QED) is 0.657. The number of rotatable bonds is 5. The number of thioether (sulfide) groups is 1. The predicted octanol–water partition coefficient (Wildman–Crippen LogP) is 3.32. The van der Waals surface area contributed by atoms with E-state index in [0.29, 0.717) is 6.42 Å². The van der Waals surface area contributed by atoms with Crippen LogP contribution in [0.4, 0.5) is 0 Å². The fraction of sp³-hybridized carbons (Fsp3) is 0.500. The van der Waals surface area contributed by atoms with Crippen LogP contribution in [0.15, 0.2) is 29.2 Å². The predicted molar refractivity (Wildman–Crippen MR) is 75.5 cm³/mol. The van der Waals surface area contributed by atoms with Crippen LogP contribution in [0.25, 0.3) is 0 Å². The molecule has 0 fully saturated rings. The molecule has 4 heteroatoms. The van der Waals surface area contributed by atoms with Crippen molar-refractivity contribution < 1.29 is 9.63 Å². The Balaban J connectivity index is 2.21. The van der Waals surface area contributed by atoms with Crippen molar-refractivity contribution in [3.63, 3.8) is 0 Å². The van der Waals surface area contributed by atoms with Crippen molar-refractivity contribution in [3.8, 4) is 0 Å². The average Bonchev–Trinajstić information content (AvgIpc) is 2.28. The molecule has 0 aliphatic carbocycles. The zero-order valence-corrected chi connectivity index (χ0v) is 12.3. The van der Waals surface area contributed by atoms with Gasteiger partial charge in [-0.2, -0.15) is 0 Å². The number of carbonyl (C=O) groups excluding carboxylic acids is 1. The Morgan fingerprint density at radius 1 is 1.28 bits per heavy atom. The monoisotopic (exact) mass is 267 g/mol. The summed E-state index contributed by atoms with van der Waals surface area (Å²) >= 11 is 1.67.